The van der Waals surface area contributed by atoms with Gasteiger partial charge in [0, 0.05) is 57.1 Å². The molecule has 5 heteroatoms. The van der Waals surface area contributed by atoms with E-state index in [2.05, 4.69) is 28.3 Å². The molecule has 136 valence electrons. The molecule has 0 bridgehead atoms. The molecular weight excluding hydrogens is 322 g/mol. The Balaban J connectivity index is 1.43. The monoisotopic (exact) mass is 353 g/mol. The summed E-state index contributed by atoms with van der Waals surface area (Å²) in [5.74, 6) is 0.675. The number of likely N-dealkylation sites (N-methyl/N-ethyl adjacent to an activating group) is 1. The second-order valence-corrected chi connectivity index (χ2v) is 8.51. The summed E-state index contributed by atoms with van der Waals surface area (Å²) in [5, 5.41) is 0.225. The molecule has 3 rings (SSSR count). The van der Waals surface area contributed by atoms with Crippen LogP contribution in [0.2, 0.25) is 0 Å². The van der Waals surface area contributed by atoms with Crippen LogP contribution < -0.4 is 0 Å². The van der Waals surface area contributed by atoms with Gasteiger partial charge in [0.15, 0.2) is 0 Å². The standard InChI is InChI=1S/C19H32ClN3O/c1-15-13-17(20)4-3-16(15)14-19(24)23-7-5-18(6-8-23)22-11-9-21(2)10-12-22/h16-18H,1,3-14H2,2H3. The van der Waals surface area contributed by atoms with Crippen LogP contribution in [0.25, 0.3) is 0 Å². The van der Waals surface area contributed by atoms with Gasteiger partial charge < -0.3 is 9.80 Å². The zero-order valence-corrected chi connectivity index (χ0v) is 15.8. The molecule has 4 nitrogen and oxygen atoms in total. The number of nitrogens with zero attached hydrogens (tertiary/aromatic N) is 3. The summed E-state index contributed by atoms with van der Waals surface area (Å²) in [4.78, 5) is 19.8. The highest BCUT2D eigenvalue weighted by Crippen LogP contribution is 2.34. The van der Waals surface area contributed by atoms with Gasteiger partial charge in [0.05, 0.1) is 0 Å². The minimum atomic E-state index is 0.225. The minimum Gasteiger partial charge on any atom is -0.343 e. The average Bonchev–Trinajstić information content (AvgIpc) is 2.58. The third kappa shape index (κ3) is 4.53. The van der Waals surface area contributed by atoms with Crippen molar-refractivity contribution in [1.29, 1.82) is 0 Å². The van der Waals surface area contributed by atoms with E-state index in [4.69, 9.17) is 11.6 Å². The number of likely N-dealkylation sites (tertiary alicyclic amines) is 1. The Hall–Kier alpha value is -0.580. The van der Waals surface area contributed by atoms with Gasteiger partial charge in [0.2, 0.25) is 5.91 Å². The quantitative estimate of drug-likeness (QED) is 0.576. The topological polar surface area (TPSA) is 26.8 Å². The lowest BCUT2D eigenvalue weighted by atomic mass is 9.82. The second kappa shape index (κ2) is 8.20. The van der Waals surface area contributed by atoms with Crippen molar-refractivity contribution in [2.24, 2.45) is 5.92 Å². The number of amides is 1. The highest BCUT2D eigenvalue weighted by molar-refractivity contribution is 6.20. The van der Waals surface area contributed by atoms with Crippen molar-refractivity contribution >= 4 is 17.5 Å². The van der Waals surface area contributed by atoms with Gasteiger partial charge in [-0.1, -0.05) is 12.2 Å². The molecule has 1 aliphatic carbocycles. The first kappa shape index (κ1) is 18.2. The van der Waals surface area contributed by atoms with Crippen LogP contribution in [0.4, 0.5) is 0 Å². The van der Waals surface area contributed by atoms with E-state index < -0.39 is 0 Å². The molecule has 2 heterocycles. The first-order valence-corrected chi connectivity index (χ1v) is 9.98. The van der Waals surface area contributed by atoms with Gasteiger partial charge in [-0.2, -0.15) is 0 Å². The zero-order chi connectivity index (χ0) is 17.1. The highest BCUT2D eigenvalue weighted by atomic mass is 35.5. The Morgan fingerprint density at radius 2 is 1.75 bits per heavy atom. The molecule has 0 N–H and O–H groups in total. The summed E-state index contributed by atoms with van der Waals surface area (Å²) in [7, 11) is 2.20. The van der Waals surface area contributed by atoms with Crippen molar-refractivity contribution < 1.29 is 4.79 Å². The molecule has 0 aromatic rings. The smallest absolute Gasteiger partial charge is 0.223 e. The number of hydrogen-bond donors (Lipinski definition) is 0. The van der Waals surface area contributed by atoms with Gasteiger partial charge in [-0.05, 0) is 45.1 Å². The third-order valence-electron chi connectivity index (χ3n) is 6.18. The molecule has 1 amide bonds. The van der Waals surface area contributed by atoms with Crippen LogP contribution in [0.15, 0.2) is 12.2 Å². The van der Waals surface area contributed by atoms with Gasteiger partial charge >= 0.3 is 0 Å². The SMILES string of the molecule is C=C1CC(Cl)CCC1CC(=O)N1CCC(N2CCN(C)CC2)CC1. The summed E-state index contributed by atoms with van der Waals surface area (Å²) < 4.78 is 0. The molecule has 3 fully saturated rings. The van der Waals surface area contributed by atoms with Crippen LogP contribution in [0, 0.1) is 5.92 Å². The molecule has 24 heavy (non-hydrogen) atoms. The van der Waals surface area contributed by atoms with Gasteiger partial charge in [-0.15, -0.1) is 11.6 Å². The fourth-order valence-electron chi connectivity index (χ4n) is 4.39. The number of halogens is 1. The highest BCUT2D eigenvalue weighted by Gasteiger charge is 2.31. The predicted octanol–water partition coefficient (Wildman–Crippen LogP) is 2.58. The first-order valence-electron chi connectivity index (χ1n) is 9.55. The van der Waals surface area contributed by atoms with E-state index in [0.29, 0.717) is 24.3 Å². The van der Waals surface area contributed by atoms with Crippen LogP contribution in [-0.2, 0) is 4.79 Å². The number of hydrogen-bond acceptors (Lipinski definition) is 3. The molecule has 0 aromatic heterocycles. The van der Waals surface area contributed by atoms with Crippen LogP contribution in [0.1, 0.15) is 38.5 Å². The van der Waals surface area contributed by atoms with Gasteiger partial charge in [-0.25, -0.2) is 0 Å². The number of rotatable bonds is 3. The third-order valence-corrected chi connectivity index (χ3v) is 6.55. The average molecular weight is 354 g/mol. The Kier molecular flexibility index (Phi) is 6.22. The Morgan fingerprint density at radius 3 is 2.38 bits per heavy atom. The molecule has 0 spiro atoms. The van der Waals surface area contributed by atoms with Gasteiger partial charge in [0.25, 0.3) is 0 Å². The van der Waals surface area contributed by atoms with E-state index in [1.807, 2.05) is 0 Å². The van der Waals surface area contributed by atoms with Gasteiger partial charge in [-0.3, -0.25) is 9.69 Å². The van der Waals surface area contributed by atoms with E-state index in [1.54, 1.807) is 0 Å². The molecule has 3 aliphatic rings. The zero-order valence-electron chi connectivity index (χ0n) is 15.1. The lowest BCUT2D eigenvalue weighted by Crippen LogP contribution is -2.53. The Labute approximate surface area is 151 Å². The van der Waals surface area contributed by atoms with Gasteiger partial charge in [0.1, 0.15) is 0 Å². The summed E-state index contributed by atoms with van der Waals surface area (Å²) in [6, 6.07) is 0.671. The lowest BCUT2D eigenvalue weighted by molar-refractivity contribution is -0.133. The Morgan fingerprint density at radius 1 is 1.08 bits per heavy atom. The van der Waals surface area contributed by atoms with E-state index in [-0.39, 0.29) is 5.38 Å². The normalized spacial score (nSPS) is 31.4. The van der Waals surface area contributed by atoms with Crippen molar-refractivity contribution in [3.05, 3.63) is 12.2 Å². The molecule has 1 saturated carbocycles. The number of carbonyl (C=O) groups excluding carboxylic acids is 1. The maximum atomic E-state index is 12.7. The molecule has 2 aliphatic heterocycles. The molecular formula is C19H32ClN3O. The fraction of sp³-hybridized carbons (Fsp3) is 0.842. The van der Waals surface area contributed by atoms with Crippen molar-refractivity contribution in [1.82, 2.24) is 14.7 Å². The Bertz CT molecular complexity index is 454. The summed E-state index contributed by atoms with van der Waals surface area (Å²) in [6.45, 7) is 10.7. The summed E-state index contributed by atoms with van der Waals surface area (Å²) in [5.41, 5.74) is 1.18. The van der Waals surface area contributed by atoms with Crippen molar-refractivity contribution in [2.75, 3.05) is 46.3 Å². The summed E-state index contributed by atoms with van der Waals surface area (Å²) in [6.07, 6.45) is 5.82. The fourth-order valence-corrected chi connectivity index (χ4v) is 4.72. The second-order valence-electron chi connectivity index (χ2n) is 7.89. The molecule has 2 unspecified atom stereocenters. The van der Waals surface area contributed by atoms with Crippen LogP contribution in [0.5, 0.6) is 0 Å². The van der Waals surface area contributed by atoms with E-state index in [9.17, 15) is 4.79 Å². The number of carbonyl (C=O) groups is 1. The summed E-state index contributed by atoms with van der Waals surface area (Å²) >= 11 is 6.20. The van der Waals surface area contributed by atoms with E-state index >= 15 is 0 Å². The molecule has 2 atom stereocenters. The minimum absolute atomic E-state index is 0.225. The maximum absolute atomic E-state index is 12.7. The number of piperidine rings is 1. The maximum Gasteiger partial charge on any atom is 0.223 e. The van der Waals surface area contributed by atoms with Crippen LogP contribution >= 0.6 is 11.6 Å². The number of alkyl halides is 1. The van der Waals surface area contributed by atoms with Crippen molar-refractivity contribution in [3.8, 4) is 0 Å². The number of piperazine rings is 1. The molecule has 2 saturated heterocycles. The van der Waals surface area contributed by atoms with Crippen LogP contribution in [-0.4, -0.2) is 78.3 Å². The first-order chi connectivity index (χ1) is 11.5. The van der Waals surface area contributed by atoms with E-state index in [0.717, 1.165) is 45.2 Å². The largest absolute Gasteiger partial charge is 0.343 e. The van der Waals surface area contributed by atoms with E-state index in [1.165, 1.54) is 31.8 Å². The van der Waals surface area contributed by atoms with Crippen molar-refractivity contribution in [2.45, 2.75) is 49.9 Å². The molecule has 0 aromatic carbocycles. The predicted molar refractivity (Wildman–Crippen MR) is 99.4 cm³/mol. The van der Waals surface area contributed by atoms with Crippen molar-refractivity contribution in [3.63, 3.8) is 0 Å². The van der Waals surface area contributed by atoms with Crippen LogP contribution in [0.3, 0.4) is 0 Å². The number of allylic oxidation sites excluding steroid dienone is 1. The lowest BCUT2D eigenvalue weighted by Gasteiger charge is -2.42. The molecule has 0 radical (unpaired) electrons.